The number of ether oxygens (including phenoxy) is 1. The minimum absolute atomic E-state index is 0.0196. The first kappa shape index (κ1) is 37.1. The topological polar surface area (TPSA) is 162 Å². The Hall–Kier alpha value is -3.76. The van der Waals surface area contributed by atoms with E-state index in [4.69, 9.17) is 4.74 Å². The molecule has 0 aliphatic carbocycles. The van der Waals surface area contributed by atoms with Gasteiger partial charge in [-0.1, -0.05) is 61.5 Å². The number of methoxy groups -OCH3 is 1. The molecule has 3 aromatic rings. The molecule has 1 aliphatic rings. The molecule has 3 atom stereocenters. The maximum absolute atomic E-state index is 14.0. The molecule has 2 aromatic carbocycles. The van der Waals surface area contributed by atoms with Gasteiger partial charge in [0.05, 0.1) is 40.9 Å². The summed E-state index contributed by atoms with van der Waals surface area (Å²) >= 11 is 1.51. The van der Waals surface area contributed by atoms with Crippen LogP contribution in [0.15, 0.2) is 70.0 Å². The number of carbonyl (C=O) groups is 2. The van der Waals surface area contributed by atoms with E-state index in [1.54, 1.807) is 9.80 Å². The van der Waals surface area contributed by atoms with Crippen LogP contribution in [-0.4, -0.2) is 103 Å². The molecule has 2 heterocycles. The molecule has 13 nitrogen and oxygen atoms in total. The van der Waals surface area contributed by atoms with Crippen LogP contribution in [0.3, 0.4) is 0 Å². The van der Waals surface area contributed by atoms with E-state index in [0.29, 0.717) is 25.2 Å². The van der Waals surface area contributed by atoms with Gasteiger partial charge in [0, 0.05) is 38.7 Å². The Kier molecular flexibility index (Phi) is 13.2. The quantitative estimate of drug-likeness (QED) is 0.191. The summed E-state index contributed by atoms with van der Waals surface area (Å²) < 4.78 is 33.8. The standard InChI is InChI=1S/C33H44N6O7S2/c1-23(2)31(39-15-14-37(33(39)42)20-27-22-47-24(3)35-27)32(41)36-29(18-25-8-6-5-7-9-25)30(40)21-38(16-17-46-4)48(44,45)28-12-10-26(11-13-28)19-34-43/h5-13,22-23,29-31,40H,14-21H2,1-4H3,(H,36,41)/t29-,30+,31-/m0/s1. The summed E-state index contributed by atoms with van der Waals surface area (Å²) in [7, 11) is -2.66. The number of hydrogen-bond donors (Lipinski definition) is 2. The molecule has 48 heavy (non-hydrogen) atoms. The Labute approximate surface area is 285 Å². The predicted molar refractivity (Wildman–Crippen MR) is 183 cm³/mol. The van der Waals surface area contributed by atoms with Gasteiger partial charge >= 0.3 is 6.03 Å². The molecule has 0 bridgehead atoms. The maximum atomic E-state index is 14.0. The largest absolute Gasteiger partial charge is 0.390 e. The lowest BCUT2D eigenvalue weighted by molar-refractivity contribution is -0.128. The molecule has 1 aliphatic heterocycles. The van der Waals surface area contributed by atoms with Crippen LogP contribution in [0.5, 0.6) is 0 Å². The fourth-order valence-corrected chi connectivity index (χ4v) is 7.78. The van der Waals surface area contributed by atoms with Crippen LogP contribution in [0.25, 0.3) is 0 Å². The monoisotopic (exact) mass is 700 g/mol. The van der Waals surface area contributed by atoms with Gasteiger partial charge in [-0.05, 0) is 42.5 Å². The highest BCUT2D eigenvalue weighted by atomic mass is 32.2. The number of sulfonamides is 1. The summed E-state index contributed by atoms with van der Waals surface area (Å²) in [6, 6.07) is 13.1. The summed E-state index contributed by atoms with van der Waals surface area (Å²) in [4.78, 5) is 45.9. The predicted octanol–water partition coefficient (Wildman–Crippen LogP) is 3.41. The van der Waals surface area contributed by atoms with Crippen LogP contribution in [-0.2, 0) is 39.1 Å². The van der Waals surface area contributed by atoms with Gasteiger partial charge in [0.1, 0.15) is 12.6 Å². The highest BCUT2D eigenvalue weighted by Gasteiger charge is 2.40. The normalized spacial score (nSPS) is 15.6. The van der Waals surface area contributed by atoms with Crippen molar-refractivity contribution >= 4 is 33.3 Å². The van der Waals surface area contributed by atoms with Crippen LogP contribution in [0.4, 0.5) is 4.79 Å². The molecule has 0 unspecified atom stereocenters. The molecule has 0 spiro atoms. The van der Waals surface area contributed by atoms with Gasteiger partial charge in [0.25, 0.3) is 0 Å². The van der Waals surface area contributed by atoms with Crippen molar-refractivity contribution in [3.05, 3.63) is 86.7 Å². The molecule has 1 aromatic heterocycles. The average Bonchev–Trinajstić information content (AvgIpc) is 3.63. The van der Waals surface area contributed by atoms with Crippen molar-refractivity contribution < 1.29 is 27.9 Å². The van der Waals surface area contributed by atoms with Crippen molar-refractivity contribution in [1.82, 2.24) is 24.4 Å². The lowest BCUT2D eigenvalue weighted by atomic mass is 9.98. The van der Waals surface area contributed by atoms with Crippen LogP contribution < -0.4 is 5.32 Å². The molecule has 0 radical (unpaired) electrons. The van der Waals surface area contributed by atoms with Crippen molar-refractivity contribution in [2.24, 2.45) is 11.1 Å². The lowest BCUT2D eigenvalue weighted by Crippen LogP contribution is -2.57. The van der Waals surface area contributed by atoms with Crippen LogP contribution in [0.1, 0.15) is 35.7 Å². The minimum atomic E-state index is -4.11. The van der Waals surface area contributed by atoms with Crippen LogP contribution >= 0.6 is 11.3 Å². The molecule has 260 valence electrons. The third-order valence-corrected chi connectivity index (χ3v) is 10.9. The zero-order valence-electron chi connectivity index (χ0n) is 27.7. The molecule has 1 saturated heterocycles. The Balaban J connectivity index is 1.56. The summed E-state index contributed by atoms with van der Waals surface area (Å²) in [5.74, 6) is -0.684. The number of thiazole rings is 1. The molecular weight excluding hydrogens is 657 g/mol. The van der Waals surface area contributed by atoms with Crippen LogP contribution in [0.2, 0.25) is 0 Å². The molecule has 2 N–H and O–H groups in total. The highest BCUT2D eigenvalue weighted by molar-refractivity contribution is 7.89. The number of nitrogens with one attached hydrogen (secondary N) is 1. The van der Waals surface area contributed by atoms with E-state index in [2.05, 4.69) is 15.5 Å². The molecule has 0 saturated carbocycles. The summed E-state index contributed by atoms with van der Waals surface area (Å²) in [5.41, 5.74) is 2.19. The van der Waals surface area contributed by atoms with Crippen molar-refractivity contribution in [3.8, 4) is 0 Å². The van der Waals surface area contributed by atoms with Gasteiger partial charge in [-0.25, -0.2) is 18.2 Å². The fourth-order valence-electron chi connectivity index (χ4n) is 5.74. The first-order valence-corrected chi connectivity index (χ1v) is 18.1. The average molecular weight is 701 g/mol. The molecule has 15 heteroatoms. The van der Waals surface area contributed by atoms with Gasteiger partial charge in [-0.3, -0.25) is 4.79 Å². The van der Waals surface area contributed by atoms with E-state index < -0.39 is 34.1 Å². The van der Waals surface area contributed by atoms with Gasteiger partial charge in [-0.15, -0.1) is 11.3 Å². The number of hydrogen-bond acceptors (Lipinski definition) is 10. The third kappa shape index (κ3) is 9.44. The fraction of sp³-hybridized carbons (Fsp3) is 0.485. The van der Waals surface area contributed by atoms with E-state index in [1.165, 1.54) is 42.7 Å². The second-order valence-electron chi connectivity index (χ2n) is 12.1. The Morgan fingerprint density at radius 3 is 2.44 bits per heavy atom. The second-order valence-corrected chi connectivity index (χ2v) is 15.1. The third-order valence-electron chi connectivity index (χ3n) is 8.22. The second kappa shape index (κ2) is 17.1. The van der Waals surface area contributed by atoms with E-state index in [1.807, 2.05) is 56.5 Å². The van der Waals surface area contributed by atoms with E-state index in [9.17, 15) is 28.0 Å². The number of carbonyl (C=O) groups excluding carboxylic acids is 2. The number of nitrogens with zero attached hydrogens (tertiary/aromatic N) is 5. The number of aromatic nitrogens is 1. The minimum Gasteiger partial charge on any atom is -0.390 e. The number of urea groups is 1. The Bertz CT molecular complexity index is 1620. The summed E-state index contributed by atoms with van der Waals surface area (Å²) in [5, 5.41) is 20.3. The van der Waals surface area contributed by atoms with Crippen molar-refractivity contribution in [3.63, 3.8) is 0 Å². The first-order chi connectivity index (χ1) is 22.9. The molecule has 1 fully saturated rings. The SMILES string of the molecule is COCCN(C[C@@H](O)[C@H](Cc1ccccc1)NC(=O)[C@H](C(C)C)N1CCN(Cc2csc(C)n2)C1=O)S(=O)(=O)c1ccc(CN=O)cc1. The molecular formula is C33H44N6O7S2. The Morgan fingerprint density at radius 1 is 1.12 bits per heavy atom. The number of amides is 3. The zero-order chi connectivity index (χ0) is 34.8. The maximum Gasteiger partial charge on any atom is 0.321 e. The van der Waals surface area contributed by atoms with Gasteiger partial charge in [-0.2, -0.15) is 9.21 Å². The molecule has 4 rings (SSSR count). The van der Waals surface area contributed by atoms with Gasteiger partial charge in [0.2, 0.25) is 15.9 Å². The lowest BCUT2D eigenvalue weighted by Gasteiger charge is -2.34. The number of rotatable bonds is 18. The van der Waals surface area contributed by atoms with Gasteiger partial charge < -0.3 is 25.0 Å². The van der Waals surface area contributed by atoms with Gasteiger partial charge in [0.15, 0.2) is 0 Å². The summed E-state index contributed by atoms with van der Waals surface area (Å²) in [6.07, 6.45) is -1.11. The number of aryl methyl sites for hydroxylation is 1. The summed E-state index contributed by atoms with van der Waals surface area (Å²) in [6.45, 7) is 6.38. The van der Waals surface area contributed by atoms with Crippen molar-refractivity contribution in [2.75, 3.05) is 39.9 Å². The number of aliphatic hydroxyl groups excluding tert-OH is 1. The van der Waals surface area contributed by atoms with Crippen molar-refractivity contribution in [2.45, 2.75) is 63.4 Å². The number of benzene rings is 2. The smallest absolute Gasteiger partial charge is 0.321 e. The number of aliphatic hydroxyl groups is 1. The van der Waals surface area contributed by atoms with E-state index in [-0.39, 0.29) is 49.5 Å². The highest BCUT2D eigenvalue weighted by Crippen LogP contribution is 2.23. The van der Waals surface area contributed by atoms with Crippen LogP contribution in [0, 0.1) is 17.7 Å². The Morgan fingerprint density at radius 2 is 1.83 bits per heavy atom. The van der Waals surface area contributed by atoms with E-state index >= 15 is 0 Å². The zero-order valence-corrected chi connectivity index (χ0v) is 29.3. The first-order valence-electron chi connectivity index (χ1n) is 15.8. The van der Waals surface area contributed by atoms with E-state index in [0.717, 1.165) is 20.6 Å². The number of nitroso groups, excluding NO2 is 1. The van der Waals surface area contributed by atoms with Crippen molar-refractivity contribution in [1.29, 1.82) is 0 Å². The molecule has 3 amide bonds.